The standard InChI is InChI=1S/C20H20Cl2N2S.C2H2O4/c21-18-6-1-16(2-7-18)5-10-20(13-24-12-11-23-15-24)25-14-17-3-8-19(22)9-4-17;3-1(4)2(5)6/h1-4,6-9,11-12,15,20H,5,10,13-14H2;(H,3,4)(H,5,6). The Hall–Kier alpha value is -2.48. The van der Waals surface area contributed by atoms with E-state index in [4.69, 9.17) is 43.0 Å². The fourth-order valence-corrected chi connectivity index (χ4v) is 4.07. The van der Waals surface area contributed by atoms with Crippen molar-refractivity contribution >= 4 is 46.9 Å². The summed E-state index contributed by atoms with van der Waals surface area (Å²) < 4.78 is 2.15. The molecule has 1 unspecified atom stereocenters. The van der Waals surface area contributed by atoms with Gasteiger partial charge in [-0.2, -0.15) is 11.8 Å². The number of nitrogens with zero attached hydrogens (tertiary/aromatic N) is 2. The number of hydrogen-bond donors (Lipinski definition) is 2. The van der Waals surface area contributed by atoms with Crippen LogP contribution in [0.15, 0.2) is 67.3 Å². The number of rotatable bonds is 8. The molecule has 0 spiro atoms. The Labute approximate surface area is 194 Å². The van der Waals surface area contributed by atoms with Gasteiger partial charge in [-0.15, -0.1) is 0 Å². The first kappa shape index (κ1) is 24.8. The van der Waals surface area contributed by atoms with E-state index in [1.807, 2.05) is 54.7 Å². The minimum atomic E-state index is -1.82. The number of aryl methyl sites for hydroxylation is 1. The average Bonchev–Trinajstić information content (AvgIpc) is 3.26. The molecule has 0 aliphatic rings. The van der Waals surface area contributed by atoms with Crippen LogP contribution < -0.4 is 0 Å². The van der Waals surface area contributed by atoms with Crippen LogP contribution in [0.5, 0.6) is 0 Å². The topological polar surface area (TPSA) is 92.4 Å². The number of aliphatic carboxylic acids is 2. The lowest BCUT2D eigenvalue weighted by atomic mass is 10.1. The van der Waals surface area contributed by atoms with Gasteiger partial charge in [-0.1, -0.05) is 47.5 Å². The molecular formula is C22H22Cl2N2O4S. The van der Waals surface area contributed by atoms with Crippen molar-refractivity contribution in [2.24, 2.45) is 0 Å². The van der Waals surface area contributed by atoms with Crippen LogP contribution >= 0.6 is 35.0 Å². The SMILES string of the molecule is Clc1ccc(CCC(Cn2ccnc2)SCc2ccc(Cl)cc2)cc1.O=C(O)C(=O)O. The molecule has 164 valence electrons. The number of benzene rings is 2. The molecule has 1 heterocycles. The Balaban J connectivity index is 0.000000501. The number of hydrogen-bond acceptors (Lipinski definition) is 4. The van der Waals surface area contributed by atoms with E-state index in [9.17, 15) is 0 Å². The summed E-state index contributed by atoms with van der Waals surface area (Å²) in [5.74, 6) is -2.66. The highest BCUT2D eigenvalue weighted by Gasteiger charge is 2.11. The molecule has 0 saturated heterocycles. The molecule has 9 heteroatoms. The lowest BCUT2D eigenvalue weighted by Gasteiger charge is -2.17. The zero-order valence-electron chi connectivity index (χ0n) is 16.5. The minimum Gasteiger partial charge on any atom is -0.473 e. The quantitative estimate of drug-likeness (QED) is 0.426. The first-order valence-corrected chi connectivity index (χ1v) is 11.2. The summed E-state index contributed by atoms with van der Waals surface area (Å²) in [6.45, 7) is 0.964. The highest BCUT2D eigenvalue weighted by molar-refractivity contribution is 7.99. The van der Waals surface area contributed by atoms with Gasteiger partial charge in [0.2, 0.25) is 0 Å². The van der Waals surface area contributed by atoms with Gasteiger partial charge < -0.3 is 14.8 Å². The fraction of sp³-hybridized carbons (Fsp3) is 0.227. The van der Waals surface area contributed by atoms with Crippen LogP contribution in [-0.2, 0) is 28.3 Å². The van der Waals surface area contributed by atoms with Crippen molar-refractivity contribution in [1.82, 2.24) is 9.55 Å². The summed E-state index contributed by atoms with van der Waals surface area (Å²) >= 11 is 13.9. The van der Waals surface area contributed by atoms with Crippen LogP contribution in [0.25, 0.3) is 0 Å². The van der Waals surface area contributed by atoms with Crippen molar-refractivity contribution in [2.75, 3.05) is 0 Å². The lowest BCUT2D eigenvalue weighted by molar-refractivity contribution is -0.159. The highest BCUT2D eigenvalue weighted by Crippen LogP contribution is 2.25. The number of carboxylic acid groups (broad SMARTS) is 2. The Morgan fingerprint density at radius 3 is 1.97 bits per heavy atom. The molecule has 0 amide bonds. The molecule has 2 N–H and O–H groups in total. The molecule has 1 atom stereocenters. The Kier molecular flexibility index (Phi) is 10.4. The fourth-order valence-electron chi connectivity index (χ4n) is 2.63. The summed E-state index contributed by atoms with van der Waals surface area (Å²) in [5, 5.41) is 16.9. The first-order chi connectivity index (χ1) is 14.8. The van der Waals surface area contributed by atoms with Gasteiger partial charge in [-0.05, 0) is 48.2 Å². The summed E-state index contributed by atoms with van der Waals surface area (Å²) in [5.41, 5.74) is 2.63. The van der Waals surface area contributed by atoms with E-state index in [0.29, 0.717) is 5.25 Å². The van der Waals surface area contributed by atoms with Crippen molar-refractivity contribution in [3.63, 3.8) is 0 Å². The van der Waals surface area contributed by atoms with Crippen LogP contribution in [0.1, 0.15) is 17.5 Å². The van der Waals surface area contributed by atoms with Crippen LogP contribution in [0.4, 0.5) is 0 Å². The zero-order chi connectivity index (χ0) is 22.6. The number of thioether (sulfide) groups is 1. The van der Waals surface area contributed by atoms with Crippen molar-refractivity contribution in [3.8, 4) is 0 Å². The van der Waals surface area contributed by atoms with Crippen molar-refractivity contribution in [3.05, 3.63) is 88.4 Å². The molecule has 0 aliphatic heterocycles. The van der Waals surface area contributed by atoms with Crippen molar-refractivity contribution < 1.29 is 19.8 Å². The summed E-state index contributed by atoms with van der Waals surface area (Å²) in [7, 11) is 0. The van der Waals surface area contributed by atoms with Crippen LogP contribution in [0.3, 0.4) is 0 Å². The third-order valence-electron chi connectivity index (χ3n) is 4.22. The monoisotopic (exact) mass is 480 g/mol. The van der Waals surface area contributed by atoms with Crippen LogP contribution in [0.2, 0.25) is 10.0 Å². The van der Waals surface area contributed by atoms with Crippen LogP contribution in [0, 0.1) is 0 Å². The summed E-state index contributed by atoms with van der Waals surface area (Å²) in [6, 6.07) is 16.3. The molecule has 0 aliphatic carbocycles. The van der Waals surface area contributed by atoms with Crippen molar-refractivity contribution in [2.45, 2.75) is 30.4 Å². The molecule has 6 nitrogen and oxygen atoms in total. The first-order valence-electron chi connectivity index (χ1n) is 9.36. The van der Waals surface area contributed by atoms with E-state index < -0.39 is 11.9 Å². The second-order valence-corrected chi connectivity index (χ2v) is 8.76. The van der Waals surface area contributed by atoms with Gasteiger partial charge in [0.25, 0.3) is 0 Å². The number of imidazole rings is 1. The van der Waals surface area contributed by atoms with E-state index in [0.717, 1.165) is 35.2 Å². The van der Waals surface area contributed by atoms with Gasteiger partial charge in [0.1, 0.15) is 0 Å². The molecule has 0 bridgehead atoms. The van der Waals surface area contributed by atoms with Crippen LogP contribution in [-0.4, -0.2) is 37.0 Å². The van der Waals surface area contributed by atoms with Gasteiger partial charge in [0, 0.05) is 40.0 Å². The molecular weight excluding hydrogens is 459 g/mol. The van der Waals surface area contributed by atoms with Gasteiger partial charge >= 0.3 is 11.9 Å². The predicted octanol–water partition coefficient (Wildman–Crippen LogP) is 5.28. The summed E-state index contributed by atoms with van der Waals surface area (Å²) in [4.78, 5) is 22.4. The number of carboxylic acids is 2. The van der Waals surface area contributed by atoms with Crippen molar-refractivity contribution in [1.29, 1.82) is 0 Å². The second-order valence-electron chi connectivity index (χ2n) is 6.59. The average molecular weight is 481 g/mol. The maximum absolute atomic E-state index is 9.10. The molecule has 3 rings (SSSR count). The lowest BCUT2D eigenvalue weighted by Crippen LogP contribution is -2.13. The Morgan fingerprint density at radius 1 is 0.935 bits per heavy atom. The summed E-state index contributed by atoms with van der Waals surface area (Å²) in [6.07, 6.45) is 7.90. The van der Waals surface area contributed by atoms with E-state index >= 15 is 0 Å². The second kappa shape index (κ2) is 13.0. The maximum atomic E-state index is 9.10. The van der Waals surface area contributed by atoms with Gasteiger partial charge in [-0.3, -0.25) is 0 Å². The molecule has 0 fully saturated rings. The normalized spacial score (nSPS) is 11.3. The van der Waals surface area contributed by atoms with Gasteiger partial charge in [0.05, 0.1) is 6.33 Å². The van der Waals surface area contributed by atoms with E-state index in [1.165, 1.54) is 11.1 Å². The van der Waals surface area contributed by atoms with Gasteiger partial charge in [-0.25, -0.2) is 14.6 Å². The number of aromatic nitrogens is 2. The smallest absolute Gasteiger partial charge is 0.414 e. The van der Waals surface area contributed by atoms with Gasteiger partial charge in [0.15, 0.2) is 0 Å². The Morgan fingerprint density at radius 2 is 1.48 bits per heavy atom. The third kappa shape index (κ3) is 9.91. The molecule has 1 aromatic heterocycles. The minimum absolute atomic E-state index is 0.514. The number of carbonyl (C=O) groups is 2. The molecule has 31 heavy (non-hydrogen) atoms. The van der Waals surface area contributed by atoms with E-state index in [2.05, 4.69) is 33.8 Å². The zero-order valence-corrected chi connectivity index (χ0v) is 18.9. The third-order valence-corrected chi connectivity index (χ3v) is 6.08. The van der Waals surface area contributed by atoms with E-state index in [1.54, 1.807) is 0 Å². The Bertz CT molecular complexity index is 887. The largest absolute Gasteiger partial charge is 0.473 e. The highest BCUT2D eigenvalue weighted by atomic mass is 35.5. The molecule has 2 aromatic carbocycles. The van der Waals surface area contributed by atoms with E-state index in [-0.39, 0.29) is 0 Å². The molecule has 3 aromatic rings. The number of halogens is 2. The maximum Gasteiger partial charge on any atom is 0.414 e. The molecule has 0 radical (unpaired) electrons. The predicted molar refractivity (Wildman–Crippen MR) is 124 cm³/mol. The molecule has 0 saturated carbocycles.